The van der Waals surface area contributed by atoms with Crippen LogP contribution in [0.3, 0.4) is 0 Å². The van der Waals surface area contributed by atoms with Crippen molar-refractivity contribution in [3.05, 3.63) is 70.8 Å². The molecule has 0 unspecified atom stereocenters. The summed E-state index contributed by atoms with van der Waals surface area (Å²) in [6, 6.07) is 12.2. The van der Waals surface area contributed by atoms with E-state index in [1.165, 1.54) is 0 Å². The van der Waals surface area contributed by atoms with Gasteiger partial charge in [0.2, 0.25) is 0 Å². The smallest absolute Gasteiger partial charge is 0.273 e. The maximum Gasteiger partial charge on any atom is 0.273 e. The Morgan fingerprint density at radius 3 is 2.86 bits per heavy atom. The first-order valence-electron chi connectivity index (χ1n) is 8.68. The van der Waals surface area contributed by atoms with Crippen LogP contribution < -0.4 is 14.8 Å². The topological polar surface area (TPSA) is 86.5 Å². The van der Waals surface area contributed by atoms with E-state index in [-0.39, 0.29) is 24.2 Å². The zero-order valence-electron chi connectivity index (χ0n) is 15.5. The number of rotatable bonds is 8. The second-order valence-corrected chi connectivity index (χ2v) is 6.57. The van der Waals surface area contributed by atoms with Crippen LogP contribution >= 0.6 is 11.6 Å². The number of ether oxygens (including phenoxy) is 2. The Balaban J connectivity index is 1.53. The fraction of sp³-hybridized carbons (Fsp3) is 0.250. The normalized spacial score (nSPS) is 11.7. The maximum absolute atomic E-state index is 12.3. The van der Waals surface area contributed by atoms with E-state index in [0.29, 0.717) is 28.7 Å². The third kappa shape index (κ3) is 5.23. The van der Waals surface area contributed by atoms with Gasteiger partial charge in [-0.2, -0.15) is 0 Å². The van der Waals surface area contributed by atoms with E-state index < -0.39 is 0 Å². The summed E-state index contributed by atoms with van der Waals surface area (Å²) in [5, 5.41) is 7.10. The minimum atomic E-state index is -0.319. The van der Waals surface area contributed by atoms with Gasteiger partial charge in [-0.3, -0.25) is 9.78 Å². The van der Waals surface area contributed by atoms with Crippen molar-refractivity contribution >= 4 is 17.5 Å². The molecule has 0 aliphatic rings. The number of methoxy groups -OCH3 is 1. The lowest BCUT2D eigenvalue weighted by Crippen LogP contribution is -2.34. The van der Waals surface area contributed by atoms with E-state index in [2.05, 4.69) is 15.5 Å². The molecule has 1 N–H and O–H groups in total. The number of benzene rings is 1. The SMILES string of the molecule is COc1ccc(OCc2cc(C(=O)N[C@@H](C)Cc3ccccn3)no2)c(Cl)c1. The van der Waals surface area contributed by atoms with Gasteiger partial charge in [0.05, 0.1) is 12.1 Å². The van der Waals surface area contributed by atoms with Crippen molar-refractivity contribution in [3.63, 3.8) is 0 Å². The first kappa shape index (κ1) is 19.7. The predicted molar refractivity (Wildman–Crippen MR) is 104 cm³/mol. The van der Waals surface area contributed by atoms with Gasteiger partial charge in [-0.25, -0.2) is 0 Å². The number of carbonyl (C=O) groups excluding carboxylic acids is 1. The zero-order valence-corrected chi connectivity index (χ0v) is 16.3. The molecule has 0 aliphatic carbocycles. The summed E-state index contributed by atoms with van der Waals surface area (Å²) >= 11 is 6.13. The Kier molecular flexibility index (Phi) is 6.49. The summed E-state index contributed by atoms with van der Waals surface area (Å²) in [4.78, 5) is 16.6. The molecule has 7 nitrogen and oxygen atoms in total. The van der Waals surface area contributed by atoms with Crippen LogP contribution in [0, 0.1) is 0 Å². The molecule has 0 spiro atoms. The number of hydrogen-bond acceptors (Lipinski definition) is 6. The van der Waals surface area contributed by atoms with Crippen molar-refractivity contribution in [1.29, 1.82) is 0 Å². The summed E-state index contributed by atoms with van der Waals surface area (Å²) in [7, 11) is 1.56. The highest BCUT2D eigenvalue weighted by atomic mass is 35.5. The molecule has 146 valence electrons. The summed E-state index contributed by atoms with van der Waals surface area (Å²) < 4.78 is 15.9. The number of hydrogen-bond donors (Lipinski definition) is 1. The lowest BCUT2D eigenvalue weighted by Gasteiger charge is -2.11. The van der Waals surface area contributed by atoms with E-state index in [1.54, 1.807) is 37.6 Å². The molecule has 2 heterocycles. The molecule has 0 aliphatic heterocycles. The third-order valence-electron chi connectivity index (χ3n) is 3.92. The highest BCUT2D eigenvalue weighted by Crippen LogP contribution is 2.29. The van der Waals surface area contributed by atoms with Crippen LogP contribution in [0.5, 0.6) is 11.5 Å². The van der Waals surface area contributed by atoms with Gasteiger partial charge < -0.3 is 19.3 Å². The van der Waals surface area contributed by atoms with Crippen LogP contribution in [0.2, 0.25) is 5.02 Å². The molecular formula is C20H20ClN3O4. The predicted octanol–water partition coefficient (Wildman–Crippen LogP) is 3.67. The average molecular weight is 402 g/mol. The highest BCUT2D eigenvalue weighted by Gasteiger charge is 2.16. The second kappa shape index (κ2) is 9.23. The van der Waals surface area contributed by atoms with Gasteiger partial charge in [-0.15, -0.1) is 0 Å². The fourth-order valence-electron chi connectivity index (χ4n) is 2.54. The molecule has 3 aromatic rings. The van der Waals surface area contributed by atoms with Crippen molar-refractivity contribution in [1.82, 2.24) is 15.5 Å². The summed E-state index contributed by atoms with van der Waals surface area (Å²) in [6.45, 7) is 2.00. The molecule has 2 aromatic heterocycles. The molecule has 8 heteroatoms. The average Bonchev–Trinajstić information content (AvgIpc) is 3.17. The molecular weight excluding hydrogens is 382 g/mol. The Hall–Kier alpha value is -3.06. The van der Waals surface area contributed by atoms with Crippen LogP contribution in [0.25, 0.3) is 0 Å². The van der Waals surface area contributed by atoms with Crippen molar-refractivity contribution < 1.29 is 18.8 Å². The lowest BCUT2D eigenvalue weighted by atomic mass is 10.1. The molecule has 0 saturated heterocycles. The van der Waals surface area contributed by atoms with Crippen molar-refractivity contribution in [2.75, 3.05) is 7.11 Å². The molecule has 3 rings (SSSR count). The molecule has 0 radical (unpaired) electrons. The van der Waals surface area contributed by atoms with Gasteiger partial charge in [-0.05, 0) is 31.2 Å². The first-order valence-corrected chi connectivity index (χ1v) is 9.05. The van der Waals surface area contributed by atoms with E-state index in [9.17, 15) is 4.79 Å². The molecule has 1 atom stereocenters. The van der Waals surface area contributed by atoms with Gasteiger partial charge in [-0.1, -0.05) is 22.8 Å². The molecule has 1 aromatic carbocycles. The largest absolute Gasteiger partial charge is 0.497 e. The van der Waals surface area contributed by atoms with Gasteiger partial charge in [0.1, 0.15) is 18.1 Å². The fourth-order valence-corrected chi connectivity index (χ4v) is 2.77. The number of nitrogens with one attached hydrogen (secondary N) is 1. The molecule has 28 heavy (non-hydrogen) atoms. The third-order valence-corrected chi connectivity index (χ3v) is 4.21. The maximum atomic E-state index is 12.3. The number of nitrogens with zero attached hydrogens (tertiary/aromatic N) is 2. The Morgan fingerprint density at radius 1 is 1.29 bits per heavy atom. The minimum Gasteiger partial charge on any atom is -0.497 e. The lowest BCUT2D eigenvalue weighted by molar-refractivity contribution is 0.0930. The number of halogens is 1. The molecule has 0 bridgehead atoms. The Labute approximate surface area is 167 Å². The standard InChI is InChI=1S/C20H20ClN3O4/c1-13(9-14-5-3-4-8-22-14)23-20(25)18-11-16(28-24-18)12-27-19-7-6-15(26-2)10-17(19)21/h3-8,10-11,13H,9,12H2,1-2H3,(H,23,25)/t13-/m0/s1. The minimum absolute atomic E-state index is 0.0931. The van der Waals surface area contributed by atoms with Crippen molar-refractivity contribution in [2.45, 2.75) is 26.0 Å². The van der Waals surface area contributed by atoms with Crippen LogP contribution in [0.4, 0.5) is 0 Å². The number of aromatic nitrogens is 2. The number of pyridine rings is 1. The van der Waals surface area contributed by atoms with Crippen molar-refractivity contribution in [2.24, 2.45) is 0 Å². The second-order valence-electron chi connectivity index (χ2n) is 6.16. The van der Waals surface area contributed by atoms with Gasteiger partial charge in [0, 0.05) is 36.5 Å². The van der Waals surface area contributed by atoms with Crippen LogP contribution in [-0.2, 0) is 13.0 Å². The van der Waals surface area contributed by atoms with E-state index in [1.807, 2.05) is 25.1 Å². The number of amides is 1. The molecule has 0 fully saturated rings. The quantitative estimate of drug-likeness (QED) is 0.619. The first-order chi connectivity index (χ1) is 13.5. The van der Waals surface area contributed by atoms with E-state index in [4.69, 9.17) is 25.6 Å². The van der Waals surface area contributed by atoms with Crippen LogP contribution in [-0.4, -0.2) is 29.2 Å². The Morgan fingerprint density at radius 2 is 2.14 bits per heavy atom. The van der Waals surface area contributed by atoms with E-state index in [0.717, 1.165) is 5.69 Å². The summed E-state index contributed by atoms with van der Waals surface area (Å²) in [5.41, 5.74) is 1.09. The van der Waals surface area contributed by atoms with E-state index >= 15 is 0 Å². The van der Waals surface area contributed by atoms with Crippen LogP contribution in [0.15, 0.2) is 53.2 Å². The Bertz CT molecular complexity index is 930. The van der Waals surface area contributed by atoms with Crippen LogP contribution in [0.1, 0.15) is 28.9 Å². The monoisotopic (exact) mass is 401 g/mol. The highest BCUT2D eigenvalue weighted by molar-refractivity contribution is 6.32. The number of carbonyl (C=O) groups is 1. The van der Waals surface area contributed by atoms with Gasteiger partial charge >= 0.3 is 0 Å². The summed E-state index contributed by atoms with van der Waals surface area (Å²) in [6.07, 6.45) is 2.35. The van der Waals surface area contributed by atoms with Gasteiger partial charge in [0.15, 0.2) is 11.5 Å². The van der Waals surface area contributed by atoms with Gasteiger partial charge in [0.25, 0.3) is 5.91 Å². The summed E-state index contributed by atoms with van der Waals surface area (Å²) in [5.74, 6) is 1.21. The zero-order chi connectivity index (χ0) is 19.9. The molecule has 1 amide bonds. The van der Waals surface area contributed by atoms with Crippen molar-refractivity contribution in [3.8, 4) is 11.5 Å². The molecule has 0 saturated carbocycles.